The van der Waals surface area contributed by atoms with E-state index in [0.717, 1.165) is 16.8 Å². The zero-order valence-electron chi connectivity index (χ0n) is 17.6. The van der Waals surface area contributed by atoms with Gasteiger partial charge in [0.1, 0.15) is 5.69 Å². The Morgan fingerprint density at radius 1 is 1.06 bits per heavy atom. The van der Waals surface area contributed by atoms with Crippen molar-refractivity contribution in [1.29, 1.82) is 0 Å². The summed E-state index contributed by atoms with van der Waals surface area (Å²) in [6.45, 7) is 1.94. The molecule has 1 saturated heterocycles. The fourth-order valence-corrected chi connectivity index (χ4v) is 5.69. The molecular formula is C23H24N4O4S. The van der Waals surface area contributed by atoms with Gasteiger partial charge < -0.3 is 0 Å². The first-order chi connectivity index (χ1) is 15.3. The average Bonchev–Trinajstić information content (AvgIpc) is 3.36. The van der Waals surface area contributed by atoms with Gasteiger partial charge in [-0.25, -0.2) is 13.1 Å². The molecule has 1 unspecified atom stereocenters. The van der Waals surface area contributed by atoms with E-state index < -0.39 is 21.7 Å². The first-order valence-electron chi connectivity index (χ1n) is 10.3. The van der Waals surface area contributed by atoms with Crippen LogP contribution < -0.4 is 10.9 Å². The van der Waals surface area contributed by atoms with Gasteiger partial charge in [-0.1, -0.05) is 42.5 Å². The maximum absolute atomic E-state index is 13.0. The largest absolute Gasteiger partial charge is 0.273 e. The summed E-state index contributed by atoms with van der Waals surface area (Å²) in [5.74, 6) is -1.03. The maximum atomic E-state index is 13.0. The third-order valence-electron chi connectivity index (χ3n) is 5.50. The molecule has 0 bridgehead atoms. The molecular weight excluding hydrogens is 428 g/mol. The molecule has 2 N–H and O–H groups in total. The molecule has 0 saturated carbocycles. The second-order valence-corrected chi connectivity index (χ2v) is 10.2. The number of benzene rings is 2. The average molecular weight is 453 g/mol. The highest BCUT2D eigenvalue weighted by Gasteiger charge is 2.29. The highest BCUT2D eigenvalue weighted by Crippen LogP contribution is 2.26. The number of aryl methyl sites for hydroxylation is 1. The summed E-state index contributed by atoms with van der Waals surface area (Å²) in [5.41, 5.74) is 8.24. The second kappa shape index (κ2) is 8.96. The molecule has 9 heteroatoms. The van der Waals surface area contributed by atoms with E-state index in [1.165, 1.54) is 0 Å². The van der Waals surface area contributed by atoms with Crippen LogP contribution in [0.25, 0.3) is 16.9 Å². The van der Waals surface area contributed by atoms with Crippen molar-refractivity contribution >= 4 is 21.7 Å². The van der Waals surface area contributed by atoms with Crippen LogP contribution in [-0.2, 0) is 14.6 Å². The van der Waals surface area contributed by atoms with Gasteiger partial charge in [0.25, 0.3) is 5.91 Å². The van der Waals surface area contributed by atoms with E-state index in [0.29, 0.717) is 17.7 Å². The number of nitrogens with zero attached hydrogens (tertiary/aromatic N) is 2. The first kappa shape index (κ1) is 21.8. The Morgan fingerprint density at radius 3 is 2.47 bits per heavy atom. The van der Waals surface area contributed by atoms with Gasteiger partial charge in [0.05, 0.1) is 22.8 Å². The smallest absolute Gasteiger partial charge is 0.273 e. The molecule has 8 nitrogen and oxygen atoms in total. The van der Waals surface area contributed by atoms with Crippen LogP contribution >= 0.6 is 0 Å². The monoisotopic (exact) mass is 452 g/mol. The van der Waals surface area contributed by atoms with Gasteiger partial charge in [-0.3, -0.25) is 20.4 Å². The van der Waals surface area contributed by atoms with E-state index in [1.807, 2.05) is 61.5 Å². The Hall–Kier alpha value is -3.46. The lowest BCUT2D eigenvalue weighted by molar-refractivity contribution is -0.122. The lowest BCUT2D eigenvalue weighted by atomic mass is 10.0. The summed E-state index contributed by atoms with van der Waals surface area (Å²) in [5, 5.41) is 4.64. The van der Waals surface area contributed by atoms with Gasteiger partial charge in [-0.2, -0.15) is 5.10 Å². The molecule has 166 valence electrons. The van der Waals surface area contributed by atoms with E-state index in [-0.39, 0.29) is 23.8 Å². The van der Waals surface area contributed by atoms with Crippen LogP contribution in [0.15, 0.2) is 60.8 Å². The highest BCUT2D eigenvalue weighted by molar-refractivity contribution is 7.91. The van der Waals surface area contributed by atoms with E-state index in [9.17, 15) is 18.0 Å². The molecule has 32 heavy (non-hydrogen) atoms. The molecule has 1 atom stereocenters. The Labute approximate surface area is 186 Å². The lowest BCUT2D eigenvalue weighted by Crippen LogP contribution is -2.42. The highest BCUT2D eigenvalue weighted by atomic mass is 32.2. The number of hydrogen-bond donors (Lipinski definition) is 2. The van der Waals surface area contributed by atoms with Crippen molar-refractivity contribution in [3.8, 4) is 16.9 Å². The number of hydrogen-bond acceptors (Lipinski definition) is 5. The van der Waals surface area contributed by atoms with Gasteiger partial charge in [0.2, 0.25) is 5.91 Å². The molecule has 1 aromatic heterocycles. The Kier molecular flexibility index (Phi) is 6.09. The SMILES string of the molecule is Cc1ccccc1-c1nn(-c2ccccc2)cc1C(=O)NNC(=O)CC1CCS(=O)(=O)C1. The van der Waals surface area contributed by atoms with Crippen LogP contribution in [0.5, 0.6) is 0 Å². The number of sulfone groups is 1. The summed E-state index contributed by atoms with van der Waals surface area (Å²) in [7, 11) is -3.06. The number of hydrazine groups is 1. The van der Waals surface area contributed by atoms with Crippen LogP contribution in [0, 0.1) is 12.8 Å². The van der Waals surface area contributed by atoms with Gasteiger partial charge in [-0.05, 0) is 37.0 Å². The van der Waals surface area contributed by atoms with Crippen molar-refractivity contribution in [2.45, 2.75) is 19.8 Å². The minimum absolute atomic E-state index is 0.00957. The summed E-state index contributed by atoms with van der Waals surface area (Å²) in [4.78, 5) is 25.2. The van der Waals surface area contributed by atoms with Gasteiger partial charge in [-0.15, -0.1) is 0 Å². The standard InChI is InChI=1S/C23H24N4O4S/c1-16-7-5-6-10-19(16)22-20(14-27(26-22)18-8-3-2-4-9-18)23(29)25-24-21(28)13-17-11-12-32(30,31)15-17/h2-10,14,17H,11-13,15H2,1H3,(H,24,28)(H,25,29). The zero-order chi connectivity index (χ0) is 22.7. The predicted octanol–water partition coefficient (Wildman–Crippen LogP) is 2.43. The van der Waals surface area contributed by atoms with Crippen molar-refractivity contribution in [3.63, 3.8) is 0 Å². The topological polar surface area (TPSA) is 110 Å². The van der Waals surface area contributed by atoms with Crippen molar-refractivity contribution in [3.05, 3.63) is 71.9 Å². The first-order valence-corrected chi connectivity index (χ1v) is 12.2. The van der Waals surface area contributed by atoms with Crippen LogP contribution in [0.2, 0.25) is 0 Å². The molecule has 0 aliphatic carbocycles. The number of rotatable bonds is 5. The van der Waals surface area contributed by atoms with E-state index in [4.69, 9.17) is 0 Å². The van der Waals surface area contributed by atoms with Crippen molar-refractivity contribution in [1.82, 2.24) is 20.6 Å². The fourth-order valence-electron chi connectivity index (χ4n) is 3.83. The number of aromatic nitrogens is 2. The van der Waals surface area contributed by atoms with Crippen molar-refractivity contribution in [2.24, 2.45) is 5.92 Å². The molecule has 2 amide bonds. The zero-order valence-corrected chi connectivity index (χ0v) is 18.4. The molecule has 1 aliphatic rings. The molecule has 2 heterocycles. The number of carbonyl (C=O) groups is 2. The minimum Gasteiger partial charge on any atom is -0.273 e. The number of para-hydroxylation sites is 1. The Morgan fingerprint density at radius 2 is 1.78 bits per heavy atom. The summed E-state index contributed by atoms with van der Waals surface area (Å²) in [6, 6.07) is 17.1. The third-order valence-corrected chi connectivity index (χ3v) is 7.33. The molecule has 1 aliphatic heterocycles. The normalized spacial score (nSPS) is 17.1. The molecule has 1 fully saturated rings. The fraction of sp³-hybridized carbons (Fsp3) is 0.261. The Balaban J connectivity index is 1.54. The maximum Gasteiger partial charge on any atom is 0.273 e. The van der Waals surface area contributed by atoms with Crippen LogP contribution in [0.3, 0.4) is 0 Å². The van der Waals surface area contributed by atoms with E-state index in [1.54, 1.807) is 10.9 Å². The predicted molar refractivity (Wildman–Crippen MR) is 121 cm³/mol. The quantitative estimate of drug-likeness (QED) is 0.578. The molecule has 0 radical (unpaired) electrons. The van der Waals surface area contributed by atoms with Gasteiger partial charge in [0, 0.05) is 18.2 Å². The number of amides is 2. The summed E-state index contributed by atoms with van der Waals surface area (Å²) in [6.07, 6.45) is 2.14. The van der Waals surface area contributed by atoms with Crippen LogP contribution in [-0.4, -0.2) is 41.5 Å². The number of carbonyl (C=O) groups excluding carboxylic acids is 2. The second-order valence-electron chi connectivity index (χ2n) is 7.96. The van der Waals surface area contributed by atoms with Crippen LogP contribution in [0.1, 0.15) is 28.8 Å². The van der Waals surface area contributed by atoms with Gasteiger partial charge >= 0.3 is 0 Å². The van der Waals surface area contributed by atoms with Crippen molar-refractivity contribution < 1.29 is 18.0 Å². The molecule has 3 aromatic rings. The number of nitrogens with one attached hydrogen (secondary N) is 2. The lowest BCUT2D eigenvalue weighted by Gasteiger charge is -2.10. The van der Waals surface area contributed by atoms with Gasteiger partial charge in [0.15, 0.2) is 9.84 Å². The Bertz CT molecular complexity index is 1250. The van der Waals surface area contributed by atoms with Crippen LogP contribution in [0.4, 0.5) is 0 Å². The molecule has 0 spiro atoms. The third kappa shape index (κ3) is 4.88. The van der Waals surface area contributed by atoms with E-state index >= 15 is 0 Å². The summed E-state index contributed by atoms with van der Waals surface area (Å²) >= 11 is 0. The molecule has 4 rings (SSSR count). The molecule has 2 aromatic carbocycles. The van der Waals surface area contributed by atoms with Crippen molar-refractivity contribution in [2.75, 3.05) is 11.5 Å². The van der Waals surface area contributed by atoms with E-state index in [2.05, 4.69) is 16.0 Å². The summed E-state index contributed by atoms with van der Waals surface area (Å²) < 4.78 is 24.8. The minimum atomic E-state index is -3.06.